The van der Waals surface area contributed by atoms with E-state index >= 15 is 0 Å². The molecule has 1 unspecified atom stereocenters. The van der Waals surface area contributed by atoms with E-state index in [2.05, 4.69) is 27.7 Å². The Morgan fingerprint density at radius 2 is 1.17 bits per heavy atom. The number of aryl methyl sites for hydroxylation is 1. The fourth-order valence-electron chi connectivity index (χ4n) is 3.22. The number of hydrogen-bond acceptors (Lipinski definition) is 2. The van der Waals surface area contributed by atoms with Crippen molar-refractivity contribution in [2.75, 3.05) is 26.2 Å². The summed E-state index contributed by atoms with van der Waals surface area (Å²) in [5.41, 5.74) is 1.06. The Morgan fingerprint density at radius 3 is 1.43 bits per heavy atom. The van der Waals surface area contributed by atoms with Gasteiger partial charge < -0.3 is 9.04 Å². The van der Waals surface area contributed by atoms with Crippen LogP contribution in [0, 0.1) is 6.92 Å². The fourth-order valence-corrected chi connectivity index (χ4v) is 3.58. The maximum Gasteiger partial charge on any atom is 0.0783 e. The number of quaternary nitrogens is 1. The predicted octanol–water partition coefficient (Wildman–Crippen LogP) is 4.68. The van der Waals surface area contributed by atoms with Crippen molar-refractivity contribution < 1.29 is 13.2 Å². The zero-order valence-electron chi connectivity index (χ0n) is 15.6. The van der Waals surface area contributed by atoms with Crippen molar-refractivity contribution in [1.82, 2.24) is 0 Å². The van der Waals surface area contributed by atoms with E-state index in [0.29, 0.717) is 4.90 Å². The van der Waals surface area contributed by atoms with Crippen molar-refractivity contribution in [2.45, 2.75) is 65.2 Å². The zero-order chi connectivity index (χ0) is 17.7. The quantitative estimate of drug-likeness (QED) is 0.483. The molecule has 0 amide bonds. The number of hydrogen-bond donors (Lipinski definition) is 0. The molecule has 0 fully saturated rings. The van der Waals surface area contributed by atoms with E-state index in [1.807, 2.05) is 6.92 Å². The number of nitrogens with zero attached hydrogens (tertiary/aromatic N) is 1. The van der Waals surface area contributed by atoms with Crippen LogP contribution in [0.1, 0.15) is 58.9 Å². The highest BCUT2D eigenvalue weighted by Crippen LogP contribution is 2.12. The molecular formula is C19H35NO2S. The summed E-state index contributed by atoms with van der Waals surface area (Å²) in [7, 11) is 0. The van der Waals surface area contributed by atoms with E-state index in [1.165, 1.54) is 56.3 Å². The minimum absolute atomic E-state index is 0.339. The molecule has 0 spiro atoms. The molecule has 1 atom stereocenters. The average Bonchev–Trinajstić information content (AvgIpc) is 2.49. The average molecular weight is 342 g/mol. The van der Waals surface area contributed by atoms with Crippen LogP contribution in [-0.4, -0.2) is 39.4 Å². The Labute approximate surface area is 146 Å². The molecule has 0 bridgehead atoms. The summed E-state index contributed by atoms with van der Waals surface area (Å²) in [6.45, 7) is 16.7. The molecule has 23 heavy (non-hydrogen) atoms. The molecule has 0 saturated carbocycles. The first-order chi connectivity index (χ1) is 10.9. The number of rotatable bonds is 9. The van der Waals surface area contributed by atoms with Crippen LogP contribution < -0.4 is 0 Å². The highest BCUT2D eigenvalue weighted by Gasteiger charge is 2.22. The standard InChI is InChI=1S/C12H28N.C7H8O2S/c1-5-9-13(10-6-2,11-7-3)12-8-4;1-6-2-4-7(5-3-6)10(8)9/h5-12H2,1-4H3;2-5H,1H3,(H,8,9)/q+1;/p-1. The summed E-state index contributed by atoms with van der Waals surface area (Å²) < 4.78 is 22.0. The van der Waals surface area contributed by atoms with Crippen molar-refractivity contribution in [1.29, 1.82) is 0 Å². The molecule has 0 saturated heterocycles. The van der Waals surface area contributed by atoms with Crippen molar-refractivity contribution in [2.24, 2.45) is 0 Å². The van der Waals surface area contributed by atoms with E-state index in [4.69, 9.17) is 0 Å². The molecule has 1 aromatic carbocycles. The first-order valence-electron chi connectivity index (χ1n) is 8.95. The van der Waals surface area contributed by atoms with Gasteiger partial charge in [-0.25, -0.2) is 0 Å². The monoisotopic (exact) mass is 341 g/mol. The molecule has 1 rings (SSSR count). The van der Waals surface area contributed by atoms with Gasteiger partial charge in [-0.15, -0.1) is 0 Å². The van der Waals surface area contributed by atoms with Gasteiger partial charge in [0.25, 0.3) is 0 Å². The lowest BCUT2D eigenvalue weighted by molar-refractivity contribution is -0.928. The van der Waals surface area contributed by atoms with E-state index in [0.717, 1.165) is 5.56 Å². The Balaban J connectivity index is 0.000000433. The van der Waals surface area contributed by atoms with Crippen molar-refractivity contribution in [3.05, 3.63) is 29.8 Å². The van der Waals surface area contributed by atoms with Crippen molar-refractivity contribution in [3.63, 3.8) is 0 Å². The van der Waals surface area contributed by atoms with Crippen LogP contribution in [0.2, 0.25) is 0 Å². The van der Waals surface area contributed by atoms with Gasteiger partial charge in [-0.2, -0.15) is 0 Å². The van der Waals surface area contributed by atoms with Crippen LogP contribution in [0.25, 0.3) is 0 Å². The fraction of sp³-hybridized carbons (Fsp3) is 0.684. The first-order valence-corrected chi connectivity index (χ1v) is 10.0. The molecular weight excluding hydrogens is 306 g/mol. The lowest BCUT2D eigenvalue weighted by Crippen LogP contribution is -2.50. The summed E-state index contributed by atoms with van der Waals surface area (Å²) in [5.74, 6) is 0. The maximum atomic E-state index is 10.3. The normalized spacial score (nSPS) is 12.4. The lowest BCUT2D eigenvalue weighted by Gasteiger charge is -2.38. The van der Waals surface area contributed by atoms with Crippen molar-refractivity contribution >= 4 is 11.1 Å². The summed E-state index contributed by atoms with van der Waals surface area (Å²) in [5, 5.41) is 0. The molecule has 0 N–H and O–H groups in total. The summed E-state index contributed by atoms with van der Waals surface area (Å²) in [4.78, 5) is 0.339. The molecule has 0 aliphatic rings. The van der Waals surface area contributed by atoms with Gasteiger partial charge in [0.2, 0.25) is 0 Å². The topological polar surface area (TPSA) is 40.1 Å². The van der Waals surface area contributed by atoms with Crippen molar-refractivity contribution in [3.8, 4) is 0 Å². The Hall–Kier alpha value is -0.710. The second-order valence-corrected chi connectivity index (χ2v) is 7.22. The zero-order valence-corrected chi connectivity index (χ0v) is 16.5. The van der Waals surface area contributed by atoms with Gasteiger partial charge in [0.15, 0.2) is 0 Å². The third kappa shape index (κ3) is 9.23. The third-order valence-corrected chi connectivity index (χ3v) is 4.66. The number of benzene rings is 1. The van der Waals surface area contributed by atoms with Crippen LogP contribution in [-0.2, 0) is 11.1 Å². The van der Waals surface area contributed by atoms with E-state index < -0.39 is 11.1 Å². The first kappa shape index (κ1) is 22.3. The van der Waals surface area contributed by atoms with Gasteiger partial charge in [-0.1, -0.05) is 45.4 Å². The largest absolute Gasteiger partial charge is 0.768 e. The highest BCUT2D eigenvalue weighted by atomic mass is 32.2. The molecule has 0 aromatic heterocycles. The van der Waals surface area contributed by atoms with Crippen LogP contribution >= 0.6 is 0 Å². The van der Waals surface area contributed by atoms with Crippen LogP contribution in [0.15, 0.2) is 29.2 Å². The molecule has 134 valence electrons. The summed E-state index contributed by atoms with van der Waals surface area (Å²) >= 11 is -2.09. The lowest BCUT2D eigenvalue weighted by atomic mass is 10.2. The predicted molar refractivity (Wildman–Crippen MR) is 99.3 cm³/mol. The summed E-state index contributed by atoms with van der Waals surface area (Å²) in [6, 6.07) is 6.70. The highest BCUT2D eigenvalue weighted by molar-refractivity contribution is 7.79. The molecule has 3 nitrogen and oxygen atoms in total. The Bertz CT molecular complexity index is 402. The third-order valence-electron chi connectivity index (χ3n) is 4.01. The van der Waals surface area contributed by atoms with E-state index in [1.54, 1.807) is 24.3 Å². The molecule has 0 radical (unpaired) electrons. The molecule has 0 aliphatic heterocycles. The van der Waals surface area contributed by atoms with Gasteiger partial charge in [0.05, 0.1) is 26.2 Å². The Morgan fingerprint density at radius 1 is 0.826 bits per heavy atom. The Kier molecular flexibility index (Phi) is 12.3. The van der Waals surface area contributed by atoms with Crippen LogP contribution in [0.3, 0.4) is 0 Å². The maximum absolute atomic E-state index is 10.3. The van der Waals surface area contributed by atoms with Gasteiger partial charge in [0, 0.05) is 4.90 Å². The molecule has 0 aliphatic carbocycles. The SMILES string of the molecule is CCC[N+](CCC)(CCC)CCC.Cc1ccc(S(=O)[O-])cc1. The minimum Gasteiger partial charge on any atom is -0.768 e. The van der Waals surface area contributed by atoms with Gasteiger partial charge in [-0.3, -0.25) is 4.21 Å². The van der Waals surface area contributed by atoms with Gasteiger partial charge >= 0.3 is 0 Å². The summed E-state index contributed by atoms with van der Waals surface area (Å²) in [6.07, 6.45) is 5.33. The van der Waals surface area contributed by atoms with E-state index in [-0.39, 0.29) is 0 Å². The van der Waals surface area contributed by atoms with Crippen LogP contribution in [0.5, 0.6) is 0 Å². The molecule has 1 aromatic rings. The minimum atomic E-state index is -2.09. The smallest absolute Gasteiger partial charge is 0.0783 e. The molecule has 4 heteroatoms. The second kappa shape index (κ2) is 12.7. The van der Waals surface area contributed by atoms with Crippen LogP contribution in [0.4, 0.5) is 0 Å². The van der Waals surface area contributed by atoms with Gasteiger partial charge in [-0.05, 0) is 55.8 Å². The molecule has 0 heterocycles. The van der Waals surface area contributed by atoms with E-state index in [9.17, 15) is 8.76 Å². The second-order valence-electron chi connectivity index (χ2n) is 6.28. The van der Waals surface area contributed by atoms with Gasteiger partial charge in [0.1, 0.15) is 0 Å².